The number of unbranched alkanes of at least 4 members (excludes halogenated alkanes) is 2. The van der Waals surface area contributed by atoms with Gasteiger partial charge in [-0.3, -0.25) is 14.4 Å². The van der Waals surface area contributed by atoms with Gasteiger partial charge in [0.15, 0.2) is 0 Å². The van der Waals surface area contributed by atoms with Crippen molar-refractivity contribution in [3.05, 3.63) is 99.9 Å². The van der Waals surface area contributed by atoms with Crippen LogP contribution in [0.4, 0.5) is 14.6 Å². The lowest BCUT2D eigenvalue weighted by molar-refractivity contribution is 0.296. The molecule has 0 atom stereocenters. The summed E-state index contributed by atoms with van der Waals surface area (Å²) < 4.78 is 29.9. The minimum absolute atomic E-state index is 0.0973. The third kappa shape index (κ3) is 9.94. The summed E-state index contributed by atoms with van der Waals surface area (Å²) in [6.07, 6.45) is 4.09. The van der Waals surface area contributed by atoms with Crippen LogP contribution < -0.4 is 10.9 Å². The molecule has 6 nitrogen and oxygen atoms in total. The predicted molar refractivity (Wildman–Crippen MR) is 174 cm³/mol. The Hall–Kier alpha value is -3.78. The van der Waals surface area contributed by atoms with Crippen LogP contribution in [-0.4, -0.2) is 53.5 Å². The average molecular weight is 583 g/mol. The molecule has 42 heavy (non-hydrogen) atoms. The largest absolute Gasteiger partial charge is 0.508 e. The van der Waals surface area contributed by atoms with Crippen LogP contribution in [0, 0.1) is 11.6 Å². The second kappa shape index (κ2) is 19.4. The van der Waals surface area contributed by atoms with E-state index in [0.29, 0.717) is 28.9 Å². The molecule has 0 fully saturated rings. The van der Waals surface area contributed by atoms with Crippen LogP contribution in [0.3, 0.4) is 0 Å². The molecule has 2 aromatic carbocycles. The molecule has 0 amide bonds. The lowest BCUT2D eigenvalue weighted by Gasteiger charge is -2.19. The highest BCUT2D eigenvalue weighted by Gasteiger charge is 2.21. The number of pyridine rings is 1. The minimum atomic E-state index is -0.863. The Labute approximate surface area is 250 Å². The molecule has 3 aromatic rings. The highest BCUT2D eigenvalue weighted by atomic mass is 19.1. The van der Waals surface area contributed by atoms with E-state index in [4.69, 9.17) is 0 Å². The van der Waals surface area contributed by atoms with Gasteiger partial charge in [0.05, 0.1) is 5.71 Å². The maximum absolute atomic E-state index is 14.5. The number of aliphatic imine (C=N–C) groups is 1. The number of para-hydroxylation sites is 1. The fourth-order valence-electron chi connectivity index (χ4n) is 4.36. The lowest BCUT2D eigenvalue weighted by Crippen LogP contribution is -2.25. The van der Waals surface area contributed by atoms with Gasteiger partial charge in [0, 0.05) is 36.3 Å². The molecule has 1 aromatic heterocycles. The van der Waals surface area contributed by atoms with Gasteiger partial charge in [0.25, 0.3) is 5.56 Å². The molecule has 1 heterocycles. The van der Waals surface area contributed by atoms with E-state index in [1.165, 1.54) is 51.0 Å². The Balaban J connectivity index is 0.000000624. The van der Waals surface area contributed by atoms with Gasteiger partial charge in [-0.2, -0.15) is 0 Å². The number of halogens is 2. The molecule has 0 bridgehead atoms. The zero-order valence-corrected chi connectivity index (χ0v) is 26.3. The van der Waals surface area contributed by atoms with E-state index >= 15 is 0 Å². The molecule has 2 N–H and O–H groups in total. The maximum Gasteiger partial charge on any atom is 0.256 e. The van der Waals surface area contributed by atoms with E-state index in [-0.39, 0.29) is 11.6 Å². The van der Waals surface area contributed by atoms with Gasteiger partial charge in [0.1, 0.15) is 28.9 Å². The van der Waals surface area contributed by atoms with Gasteiger partial charge in [-0.05, 0) is 57.2 Å². The third-order valence-electron chi connectivity index (χ3n) is 6.50. The highest BCUT2D eigenvalue weighted by molar-refractivity contribution is 6.15. The van der Waals surface area contributed by atoms with Crippen molar-refractivity contribution in [2.24, 2.45) is 4.99 Å². The molecular weight excluding hydrogens is 534 g/mol. The number of aliphatic hydroxyl groups is 1. The number of nitrogens with one attached hydrogen (secondary N) is 1. The van der Waals surface area contributed by atoms with E-state index in [9.17, 15) is 18.7 Å². The van der Waals surface area contributed by atoms with Crippen molar-refractivity contribution >= 4 is 17.3 Å². The molecule has 0 spiro atoms. The molecule has 0 radical (unpaired) electrons. The number of anilines is 1. The second-order valence-corrected chi connectivity index (χ2v) is 9.17. The molecule has 0 saturated carbocycles. The number of hydrogen-bond acceptors (Lipinski definition) is 5. The zero-order chi connectivity index (χ0) is 31.7. The van der Waals surface area contributed by atoms with E-state index < -0.39 is 22.9 Å². The van der Waals surface area contributed by atoms with Crippen molar-refractivity contribution in [3.63, 3.8) is 0 Å². The van der Waals surface area contributed by atoms with Crippen molar-refractivity contribution in [2.45, 2.75) is 60.8 Å². The van der Waals surface area contributed by atoms with Crippen molar-refractivity contribution < 1.29 is 13.9 Å². The fourth-order valence-corrected chi connectivity index (χ4v) is 4.36. The van der Waals surface area contributed by atoms with Gasteiger partial charge in [-0.15, -0.1) is 0 Å². The maximum atomic E-state index is 14.5. The number of benzene rings is 2. The summed E-state index contributed by atoms with van der Waals surface area (Å²) in [4.78, 5) is 19.6. The van der Waals surface area contributed by atoms with Crippen molar-refractivity contribution in [1.82, 2.24) is 9.47 Å². The van der Waals surface area contributed by atoms with Gasteiger partial charge in [-0.25, -0.2) is 8.78 Å². The second-order valence-electron chi connectivity index (χ2n) is 9.17. The Bertz CT molecular complexity index is 1330. The molecule has 0 aliphatic rings. The Kier molecular flexibility index (Phi) is 16.7. The van der Waals surface area contributed by atoms with E-state index in [2.05, 4.69) is 42.6 Å². The smallest absolute Gasteiger partial charge is 0.256 e. The van der Waals surface area contributed by atoms with Gasteiger partial charge in [0.2, 0.25) is 0 Å². The van der Waals surface area contributed by atoms with E-state index in [1.54, 1.807) is 37.4 Å². The molecule has 230 valence electrons. The molecule has 8 heteroatoms. The summed E-state index contributed by atoms with van der Waals surface area (Å²) in [7, 11) is 1.56. The topological polar surface area (TPSA) is 69.9 Å². The summed E-state index contributed by atoms with van der Waals surface area (Å²) in [5, 5.41) is 12.6. The molecular formula is C34H48F2N4O2. The van der Waals surface area contributed by atoms with Crippen LogP contribution in [0.1, 0.15) is 77.5 Å². The molecule has 3 rings (SSSR count). The van der Waals surface area contributed by atoms with Crippen molar-refractivity contribution in [1.29, 1.82) is 0 Å². The molecule has 0 saturated heterocycles. The summed E-state index contributed by atoms with van der Waals surface area (Å²) >= 11 is 0. The number of aliphatic hydroxyl groups excluding tert-OH is 1. The van der Waals surface area contributed by atoms with Gasteiger partial charge >= 0.3 is 0 Å². The van der Waals surface area contributed by atoms with E-state index in [1.807, 2.05) is 20.8 Å². The Morgan fingerprint density at radius 3 is 2.07 bits per heavy atom. The fraction of sp³-hybridized carbons (Fsp3) is 0.412. The first-order chi connectivity index (χ1) is 20.2. The van der Waals surface area contributed by atoms with E-state index in [0.717, 1.165) is 16.7 Å². The standard InChI is InChI=1S/C23H21F2N3O2.C9H21N.C2H6/c1-4-27-21(16-8-5-7-15(13-16)14(2)29)17-11-12-20(30)28(23(17)26-3)22-18(24)9-6-10-19(22)25;1-4-7-8-9-10(5-2)6-3;1-2/h5-13,26,29H,2,4H2,1,3H3;4-9H2,1-3H3;1-2H3. The Morgan fingerprint density at radius 1 is 0.952 bits per heavy atom. The van der Waals surface area contributed by atoms with Crippen molar-refractivity contribution in [3.8, 4) is 5.69 Å². The molecule has 0 aliphatic carbocycles. The predicted octanol–water partition coefficient (Wildman–Crippen LogP) is 8.09. The number of nitrogens with zero attached hydrogens (tertiary/aromatic N) is 3. The number of aromatic nitrogens is 1. The van der Waals surface area contributed by atoms with Crippen LogP contribution in [0.25, 0.3) is 11.4 Å². The summed E-state index contributed by atoms with van der Waals surface area (Å²) in [5.41, 5.74) is 1.07. The number of hydrogen-bond donors (Lipinski definition) is 2. The summed E-state index contributed by atoms with van der Waals surface area (Å²) in [5.74, 6) is -1.64. The normalized spacial score (nSPS) is 10.9. The minimum Gasteiger partial charge on any atom is -0.508 e. The van der Waals surface area contributed by atoms with Crippen LogP contribution in [-0.2, 0) is 0 Å². The van der Waals surface area contributed by atoms with Crippen LogP contribution in [0.2, 0.25) is 0 Å². The SMILES string of the molecule is C=C(O)c1cccc(C(=NCC)c2ccc(=O)n(-c3c(F)cccc3F)c2NC)c1.CC.CCCCCN(CC)CC. The van der Waals surface area contributed by atoms with Crippen LogP contribution in [0.5, 0.6) is 0 Å². The summed E-state index contributed by atoms with van der Waals surface area (Å²) in [6.45, 7) is 20.2. The lowest BCUT2D eigenvalue weighted by atomic mass is 9.99. The van der Waals surface area contributed by atoms with Crippen LogP contribution in [0.15, 0.2) is 71.0 Å². The first-order valence-corrected chi connectivity index (χ1v) is 14.9. The zero-order valence-electron chi connectivity index (χ0n) is 26.3. The first kappa shape index (κ1) is 36.2. The van der Waals surface area contributed by atoms with Gasteiger partial charge < -0.3 is 15.3 Å². The highest BCUT2D eigenvalue weighted by Crippen LogP contribution is 2.26. The third-order valence-corrected chi connectivity index (χ3v) is 6.50. The quantitative estimate of drug-likeness (QED) is 0.129. The van der Waals surface area contributed by atoms with Crippen LogP contribution >= 0.6 is 0 Å². The van der Waals surface area contributed by atoms with Gasteiger partial charge in [-0.1, -0.05) is 78.3 Å². The molecule has 0 unspecified atom stereocenters. The molecule has 0 aliphatic heterocycles. The monoisotopic (exact) mass is 582 g/mol. The number of rotatable bonds is 12. The Morgan fingerprint density at radius 2 is 1.55 bits per heavy atom. The van der Waals surface area contributed by atoms with Crippen molar-refractivity contribution in [2.75, 3.05) is 38.5 Å². The summed E-state index contributed by atoms with van der Waals surface area (Å²) in [6, 6.07) is 13.1. The first-order valence-electron chi connectivity index (χ1n) is 14.9. The average Bonchev–Trinajstić information content (AvgIpc) is 3.00.